The van der Waals surface area contributed by atoms with Crippen molar-refractivity contribution in [2.24, 2.45) is 0 Å². The number of nitrogens with one attached hydrogen (secondary N) is 2. The Hall–Kier alpha value is -4.64. The van der Waals surface area contributed by atoms with Gasteiger partial charge in [0.15, 0.2) is 5.82 Å². The first-order valence-electron chi connectivity index (χ1n) is 17.3. The molecular formula is C37H37F2N7O4. The average molecular weight is 682 g/mol. The van der Waals surface area contributed by atoms with Gasteiger partial charge in [0.1, 0.15) is 35.2 Å². The van der Waals surface area contributed by atoms with Gasteiger partial charge in [-0.05, 0) is 62.2 Å². The number of ether oxygens (including phenoxy) is 2. The van der Waals surface area contributed by atoms with Gasteiger partial charge in [-0.2, -0.15) is 9.97 Å². The number of aromatic nitrogens is 3. The van der Waals surface area contributed by atoms with Gasteiger partial charge in [-0.15, -0.1) is 6.42 Å². The predicted molar refractivity (Wildman–Crippen MR) is 182 cm³/mol. The van der Waals surface area contributed by atoms with Crippen LogP contribution >= 0.6 is 0 Å². The number of anilines is 1. The van der Waals surface area contributed by atoms with E-state index >= 15 is 4.39 Å². The van der Waals surface area contributed by atoms with Crippen molar-refractivity contribution in [1.82, 2.24) is 30.5 Å². The van der Waals surface area contributed by atoms with Crippen molar-refractivity contribution in [1.29, 1.82) is 0 Å². The van der Waals surface area contributed by atoms with Gasteiger partial charge in [0.05, 0.1) is 34.7 Å². The monoisotopic (exact) mass is 681 g/mol. The number of hydrogen-bond acceptors (Lipinski definition) is 10. The van der Waals surface area contributed by atoms with Crippen molar-refractivity contribution in [2.75, 3.05) is 50.8 Å². The maximum absolute atomic E-state index is 17.0. The van der Waals surface area contributed by atoms with Crippen molar-refractivity contribution in [3.05, 3.63) is 47.7 Å². The Bertz CT molecular complexity index is 2110. The lowest BCUT2D eigenvalue weighted by Crippen LogP contribution is -2.64. The summed E-state index contributed by atoms with van der Waals surface area (Å²) in [6.45, 7) is 3.87. The molecule has 11 nitrogen and oxygen atoms in total. The highest BCUT2D eigenvalue weighted by Gasteiger charge is 2.50. The van der Waals surface area contributed by atoms with Crippen molar-refractivity contribution in [3.63, 3.8) is 0 Å². The number of benzene rings is 2. The van der Waals surface area contributed by atoms with E-state index in [1.807, 2.05) is 0 Å². The van der Waals surface area contributed by atoms with Gasteiger partial charge in [0, 0.05) is 55.8 Å². The second-order valence-electron chi connectivity index (χ2n) is 14.5. The van der Waals surface area contributed by atoms with Gasteiger partial charge >= 0.3 is 6.01 Å². The summed E-state index contributed by atoms with van der Waals surface area (Å²) in [6.07, 6.45) is 12.0. The maximum Gasteiger partial charge on any atom is 0.319 e. The number of fused-ring (bicyclic) bond motifs is 9. The zero-order chi connectivity index (χ0) is 34.2. The van der Waals surface area contributed by atoms with Gasteiger partial charge < -0.3 is 30.1 Å². The van der Waals surface area contributed by atoms with Crippen molar-refractivity contribution in [3.8, 4) is 35.4 Å². The van der Waals surface area contributed by atoms with Crippen LogP contribution in [-0.2, 0) is 9.53 Å². The van der Waals surface area contributed by atoms with Crippen molar-refractivity contribution >= 4 is 33.4 Å². The highest BCUT2D eigenvalue weighted by atomic mass is 19.1. The van der Waals surface area contributed by atoms with E-state index in [9.17, 15) is 14.3 Å². The number of halogens is 2. The lowest BCUT2D eigenvalue weighted by Gasteiger charge is -2.42. The fourth-order valence-electron chi connectivity index (χ4n) is 9.06. The van der Waals surface area contributed by atoms with E-state index in [-0.39, 0.29) is 69.5 Å². The Morgan fingerprint density at radius 1 is 1.16 bits per heavy atom. The van der Waals surface area contributed by atoms with Crippen LogP contribution in [0.3, 0.4) is 0 Å². The lowest BCUT2D eigenvalue weighted by molar-refractivity contribution is -0.122. The Morgan fingerprint density at radius 2 is 2.06 bits per heavy atom. The van der Waals surface area contributed by atoms with Crippen molar-refractivity contribution < 1.29 is 28.2 Å². The van der Waals surface area contributed by atoms with E-state index < -0.39 is 17.2 Å². The largest absolute Gasteiger partial charge is 0.508 e. The highest BCUT2D eigenvalue weighted by Crippen LogP contribution is 2.42. The first-order valence-corrected chi connectivity index (χ1v) is 17.3. The summed E-state index contributed by atoms with van der Waals surface area (Å²) in [4.78, 5) is 31.6. The molecule has 2 aromatic carbocycles. The molecule has 4 aromatic rings. The minimum absolute atomic E-state index is 0.00953. The van der Waals surface area contributed by atoms with Gasteiger partial charge in [-0.25, -0.2) is 8.78 Å². The van der Waals surface area contributed by atoms with Crippen LogP contribution in [-0.4, -0.2) is 100 Å². The minimum atomic E-state index is -0.768. The number of amides is 1. The number of terminal acetylenes is 1. The standard InChI is InChI=1S/C37H37F2N7O4/c1-2-25-28(38)5-4-21-12-23(47)13-26(30(21)25)32-31(39)33-27(15-40-32)34-43-35(42-33)50-20-37-8-3-10-46(37)17-24(14-37)49-11-7-29(48)41-18-36-9-6-22(44-36)16-45(34)19-36/h1,4-5,12-13,15,22,24,44,47H,3,6-11,14,16-20H2,(H,41,48)/t22-,24-,36-,37-/m0/s1. The number of phenolic OH excluding ortho intramolecular Hbond substituents is 1. The molecule has 4 fully saturated rings. The molecule has 0 aliphatic carbocycles. The molecule has 9 rings (SSSR count). The Kier molecular flexibility index (Phi) is 7.35. The molecule has 5 aliphatic heterocycles. The first kappa shape index (κ1) is 31.3. The molecule has 4 atom stereocenters. The Balaban J connectivity index is 1.20. The molecular weight excluding hydrogens is 644 g/mol. The molecule has 0 radical (unpaired) electrons. The SMILES string of the molecule is C#Cc1c(F)ccc2cc(O)cc(-c3ncc4c5nc(nc4c3F)OC[C@@]34CCCN3C[C@H](C4)OCCC(=O)NC[C@@]34CC[C@@H](CN5C3)N4)c12. The van der Waals surface area contributed by atoms with Gasteiger partial charge in [0.2, 0.25) is 5.91 Å². The van der Waals surface area contributed by atoms with Crippen LogP contribution in [0.5, 0.6) is 11.8 Å². The normalized spacial score (nSPS) is 28.3. The summed E-state index contributed by atoms with van der Waals surface area (Å²) in [6, 6.07) is 5.68. The molecule has 0 unspecified atom stereocenters. The summed E-state index contributed by atoms with van der Waals surface area (Å²) in [7, 11) is 0. The molecule has 50 heavy (non-hydrogen) atoms. The summed E-state index contributed by atoms with van der Waals surface area (Å²) in [5, 5.41) is 18.6. The number of carbonyl (C=O) groups excluding carboxylic acids is 1. The zero-order valence-corrected chi connectivity index (χ0v) is 27.5. The lowest BCUT2D eigenvalue weighted by atomic mass is 9.94. The molecule has 7 heterocycles. The number of nitrogens with zero attached hydrogens (tertiary/aromatic N) is 5. The van der Waals surface area contributed by atoms with Crippen LogP contribution < -0.4 is 20.3 Å². The van der Waals surface area contributed by atoms with E-state index in [0.29, 0.717) is 49.4 Å². The number of rotatable bonds is 1. The molecule has 2 spiro atoms. The first-order chi connectivity index (χ1) is 24.2. The number of carbonyl (C=O) groups is 1. The molecule has 4 saturated heterocycles. The molecule has 0 saturated carbocycles. The van der Waals surface area contributed by atoms with Crippen molar-refractivity contribution in [2.45, 2.75) is 61.7 Å². The van der Waals surface area contributed by atoms with Crippen LogP contribution in [0.1, 0.15) is 44.1 Å². The van der Waals surface area contributed by atoms with Crippen LogP contribution in [0.2, 0.25) is 0 Å². The molecule has 2 aromatic heterocycles. The van der Waals surface area contributed by atoms with E-state index in [0.717, 1.165) is 45.2 Å². The molecule has 13 heteroatoms. The third-order valence-corrected chi connectivity index (χ3v) is 11.4. The number of aromatic hydroxyl groups is 1. The Labute approximate surface area is 287 Å². The summed E-state index contributed by atoms with van der Waals surface area (Å²) < 4.78 is 44.6. The third kappa shape index (κ3) is 5.11. The number of piperazine rings is 1. The molecule has 258 valence electrons. The van der Waals surface area contributed by atoms with E-state index in [1.54, 1.807) is 0 Å². The second-order valence-corrected chi connectivity index (χ2v) is 14.5. The Morgan fingerprint density at radius 3 is 2.94 bits per heavy atom. The van der Waals surface area contributed by atoms with Gasteiger partial charge in [0.25, 0.3) is 0 Å². The fraction of sp³-hybridized carbons (Fsp3) is 0.459. The molecule has 3 N–H and O–H groups in total. The number of pyridine rings is 1. The van der Waals surface area contributed by atoms with Crippen LogP contribution in [0.15, 0.2) is 30.5 Å². The van der Waals surface area contributed by atoms with Gasteiger partial charge in [-0.3, -0.25) is 14.7 Å². The summed E-state index contributed by atoms with van der Waals surface area (Å²) in [5.74, 6) is 1.27. The van der Waals surface area contributed by atoms with E-state index in [4.69, 9.17) is 20.9 Å². The molecule has 7 bridgehead atoms. The topological polar surface area (TPSA) is 125 Å². The third-order valence-electron chi connectivity index (χ3n) is 11.4. The zero-order valence-electron chi connectivity index (χ0n) is 27.5. The maximum atomic E-state index is 17.0. The van der Waals surface area contributed by atoms with E-state index in [1.165, 1.54) is 30.5 Å². The van der Waals surface area contributed by atoms with Crippen LogP contribution in [0.25, 0.3) is 32.9 Å². The van der Waals surface area contributed by atoms with Gasteiger partial charge in [-0.1, -0.05) is 12.0 Å². The number of phenols is 1. The summed E-state index contributed by atoms with van der Waals surface area (Å²) in [5.41, 5.74) is -0.739. The second kappa shape index (κ2) is 11.7. The fourth-order valence-corrected chi connectivity index (χ4v) is 9.06. The quantitative estimate of drug-likeness (QED) is 0.257. The average Bonchev–Trinajstić information content (AvgIpc) is 3.75. The van der Waals surface area contributed by atoms with Crippen LogP contribution in [0.4, 0.5) is 14.6 Å². The predicted octanol–water partition coefficient (Wildman–Crippen LogP) is 3.64. The summed E-state index contributed by atoms with van der Waals surface area (Å²) >= 11 is 0. The smallest absolute Gasteiger partial charge is 0.319 e. The van der Waals surface area contributed by atoms with E-state index in [2.05, 4.69) is 36.3 Å². The number of hydrogen-bond donors (Lipinski definition) is 3. The minimum Gasteiger partial charge on any atom is -0.508 e. The van der Waals surface area contributed by atoms with Crippen LogP contribution in [0, 0.1) is 24.0 Å². The highest BCUT2D eigenvalue weighted by molar-refractivity contribution is 6.03. The molecule has 1 amide bonds. The molecule has 5 aliphatic rings.